The fraction of sp³-hybridized carbons (Fsp3) is 0.750. The van der Waals surface area contributed by atoms with Gasteiger partial charge in [0, 0.05) is 70.7 Å². The molecule has 0 aliphatic carbocycles. The molecule has 8 nitrogen and oxygen atoms in total. The molecule has 0 radical (unpaired) electrons. The van der Waals surface area contributed by atoms with Crippen LogP contribution in [0.2, 0.25) is 0 Å². The second-order valence-electron chi connectivity index (χ2n) is 8.76. The van der Waals surface area contributed by atoms with Gasteiger partial charge in [-0.25, -0.2) is 4.98 Å². The highest BCUT2D eigenvalue weighted by molar-refractivity contribution is 5.48. The number of rotatable bonds is 5. The van der Waals surface area contributed by atoms with Crippen LogP contribution in [0.1, 0.15) is 25.4 Å². The SMILES string of the molecule is Cc1cc(N2CCN(C)CC2)n2nc(CN3CCN(CC(C)C)CC3)nc2n1. The molecule has 0 saturated carbocycles. The standard InChI is InChI=1S/C20H34N8/c1-16(2)14-25-7-9-26(10-8-25)15-18-22-20-21-17(3)13-19(28(20)23-18)27-11-5-24(4)6-12-27/h13,16H,5-12,14-15H2,1-4H3. The van der Waals surface area contributed by atoms with Crippen LogP contribution in [0, 0.1) is 12.8 Å². The third kappa shape index (κ3) is 4.45. The summed E-state index contributed by atoms with van der Waals surface area (Å²) in [5.74, 6) is 3.46. The summed E-state index contributed by atoms with van der Waals surface area (Å²) in [5, 5.41) is 4.84. The van der Waals surface area contributed by atoms with Crippen LogP contribution < -0.4 is 4.90 Å². The van der Waals surface area contributed by atoms with E-state index in [9.17, 15) is 0 Å². The van der Waals surface area contributed by atoms with Crippen molar-refractivity contribution in [2.45, 2.75) is 27.3 Å². The molecule has 2 aromatic heterocycles. The summed E-state index contributed by atoms with van der Waals surface area (Å²) >= 11 is 0. The molecule has 4 rings (SSSR count). The van der Waals surface area contributed by atoms with Gasteiger partial charge in [0.05, 0.1) is 6.54 Å². The molecule has 4 heterocycles. The average Bonchev–Trinajstić information content (AvgIpc) is 3.05. The molecule has 8 heteroatoms. The van der Waals surface area contributed by atoms with Crippen molar-refractivity contribution < 1.29 is 0 Å². The van der Waals surface area contributed by atoms with Gasteiger partial charge in [-0.1, -0.05) is 13.8 Å². The third-order valence-corrected chi connectivity index (χ3v) is 5.75. The predicted octanol–water partition coefficient (Wildman–Crippen LogP) is 0.958. The van der Waals surface area contributed by atoms with E-state index in [-0.39, 0.29) is 0 Å². The van der Waals surface area contributed by atoms with Crippen LogP contribution in [-0.2, 0) is 6.54 Å². The number of fused-ring (bicyclic) bond motifs is 1. The summed E-state index contributed by atoms with van der Waals surface area (Å²) < 4.78 is 1.95. The van der Waals surface area contributed by atoms with E-state index in [2.05, 4.69) is 51.5 Å². The van der Waals surface area contributed by atoms with E-state index in [0.29, 0.717) is 0 Å². The molecular weight excluding hydrogens is 352 g/mol. The molecule has 2 aliphatic heterocycles. The molecule has 2 saturated heterocycles. The Labute approximate surface area is 168 Å². The van der Waals surface area contributed by atoms with Gasteiger partial charge in [0.25, 0.3) is 5.78 Å². The van der Waals surface area contributed by atoms with Crippen molar-refractivity contribution >= 4 is 11.6 Å². The summed E-state index contributed by atoms with van der Waals surface area (Å²) in [6.07, 6.45) is 0. The maximum atomic E-state index is 4.84. The highest BCUT2D eigenvalue weighted by atomic mass is 15.4. The number of piperazine rings is 2. The first-order valence-corrected chi connectivity index (χ1v) is 10.6. The fourth-order valence-electron chi connectivity index (χ4n) is 4.18. The predicted molar refractivity (Wildman–Crippen MR) is 112 cm³/mol. The molecule has 2 fully saturated rings. The van der Waals surface area contributed by atoms with Crippen molar-refractivity contribution in [2.24, 2.45) is 5.92 Å². The highest BCUT2D eigenvalue weighted by Crippen LogP contribution is 2.19. The molecule has 2 aromatic rings. The maximum Gasteiger partial charge on any atom is 0.254 e. The van der Waals surface area contributed by atoms with Crippen molar-refractivity contribution in [1.29, 1.82) is 0 Å². The number of nitrogens with zero attached hydrogens (tertiary/aromatic N) is 8. The Morgan fingerprint density at radius 1 is 0.929 bits per heavy atom. The van der Waals surface area contributed by atoms with Gasteiger partial charge in [0.1, 0.15) is 5.82 Å². The Kier molecular flexibility index (Phi) is 5.80. The van der Waals surface area contributed by atoms with Gasteiger partial charge in [-0.15, -0.1) is 5.10 Å². The number of aromatic nitrogens is 4. The molecule has 0 spiro atoms. The normalized spacial score (nSPS) is 20.5. The lowest BCUT2D eigenvalue weighted by atomic mass is 10.2. The topological polar surface area (TPSA) is 56.0 Å². The molecule has 0 bridgehead atoms. The molecule has 0 amide bonds. The Hall–Kier alpha value is -1.77. The van der Waals surface area contributed by atoms with Crippen LogP contribution in [0.25, 0.3) is 5.78 Å². The Bertz CT molecular complexity index is 785. The van der Waals surface area contributed by atoms with Crippen LogP contribution in [0.4, 0.5) is 5.82 Å². The van der Waals surface area contributed by atoms with E-state index in [0.717, 1.165) is 87.9 Å². The largest absolute Gasteiger partial charge is 0.354 e. The molecular formula is C20H34N8. The molecule has 0 unspecified atom stereocenters. The van der Waals surface area contributed by atoms with Crippen LogP contribution in [-0.4, -0.2) is 100 Å². The molecule has 0 atom stereocenters. The number of hydrogen-bond acceptors (Lipinski definition) is 7. The number of anilines is 1. The highest BCUT2D eigenvalue weighted by Gasteiger charge is 2.22. The van der Waals surface area contributed by atoms with Crippen molar-refractivity contribution in [3.63, 3.8) is 0 Å². The zero-order valence-corrected chi connectivity index (χ0v) is 17.8. The van der Waals surface area contributed by atoms with Crippen LogP contribution in [0.5, 0.6) is 0 Å². The van der Waals surface area contributed by atoms with Gasteiger partial charge in [0.2, 0.25) is 0 Å². The Balaban J connectivity index is 1.47. The zero-order valence-electron chi connectivity index (χ0n) is 17.8. The van der Waals surface area contributed by atoms with E-state index in [1.807, 2.05) is 11.4 Å². The van der Waals surface area contributed by atoms with E-state index >= 15 is 0 Å². The molecule has 2 aliphatic rings. The van der Waals surface area contributed by atoms with Crippen molar-refractivity contribution in [3.8, 4) is 0 Å². The van der Waals surface area contributed by atoms with Crippen LogP contribution in [0.15, 0.2) is 6.07 Å². The van der Waals surface area contributed by atoms with Gasteiger partial charge < -0.3 is 14.7 Å². The lowest BCUT2D eigenvalue weighted by Gasteiger charge is -2.34. The minimum absolute atomic E-state index is 0.724. The first kappa shape index (κ1) is 19.5. The van der Waals surface area contributed by atoms with E-state index in [1.165, 1.54) is 6.54 Å². The minimum Gasteiger partial charge on any atom is -0.354 e. The number of hydrogen-bond donors (Lipinski definition) is 0. The second-order valence-corrected chi connectivity index (χ2v) is 8.76. The average molecular weight is 387 g/mol. The first-order valence-electron chi connectivity index (χ1n) is 10.6. The minimum atomic E-state index is 0.724. The zero-order chi connectivity index (χ0) is 19.7. The number of likely N-dealkylation sites (N-methyl/N-ethyl adjacent to an activating group) is 1. The summed E-state index contributed by atoms with van der Waals surface area (Å²) in [5.41, 5.74) is 1.00. The second kappa shape index (κ2) is 8.31. The van der Waals surface area contributed by atoms with Gasteiger partial charge in [-0.3, -0.25) is 4.90 Å². The monoisotopic (exact) mass is 386 g/mol. The quantitative estimate of drug-likeness (QED) is 0.759. The molecule has 154 valence electrons. The lowest BCUT2D eigenvalue weighted by molar-refractivity contribution is 0.115. The van der Waals surface area contributed by atoms with Crippen molar-refractivity contribution in [2.75, 3.05) is 70.9 Å². The first-order chi connectivity index (χ1) is 13.5. The Morgan fingerprint density at radius 2 is 1.61 bits per heavy atom. The fourth-order valence-corrected chi connectivity index (χ4v) is 4.18. The molecule has 0 N–H and O–H groups in total. The van der Waals surface area contributed by atoms with E-state index in [1.54, 1.807) is 0 Å². The van der Waals surface area contributed by atoms with E-state index in [4.69, 9.17) is 10.1 Å². The molecule has 28 heavy (non-hydrogen) atoms. The third-order valence-electron chi connectivity index (χ3n) is 5.75. The summed E-state index contributed by atoms with van der Waals surface area (Å²) in [7, 11) is 2.18. The maximum absolute atomic E-state index is 4.84. The van der Waals surface area contributed by atoms with Gasteiger partial charge in [-0.05, 0) is 19.9 Å². The van der Waals surface area contributed by atoms with Crippen LogP contribution >= 0.6 is 0 Å². The van der Waals surface area contributed by atoms with Crippen LogP contribution in [0.3, 0.4) is 0 Å². The lowest BCUT2D eigenvalue weighted by Crippen LogP contribution is -2.47. The Morgan fingerprint density at radius 3 is 2.29 bits per heavy atom. The van der Waals surface area contributed by atoms with Crippen molar-refractivity contribution in [3.05, 3.63) is 17.6 Å². The summed E-state index contributed by atoms with van der Waals surface area (Å²) in [4.78, 5) is 19.2. The summed E-state index contributed by atoms with van der Waals surface area (Å²) in [6.45, 7) is 17.2. The molecule has 0 aromatic carbocycles. The summed E-state index contributed by atoms with van der Waals surface area (Å²) in [6, 6.07) is 2.14. The van der Waals surface area contributed by atoms with Gasteiger partial charge in [0.15, 0.2) is 5.82 Å². The van der Waals surface area contributed by atoms with Gasteiger partial charge >= 0.3 is 0 Å². The van der Waals surface area contributed by atoms with E-state index < -0.39 is 0 Å². The number of aryl methyl sites for hydroxylation is 1. The van der Waals surface area contributed by atoms with Crippen molar-refractivity contribution in [1.82, 2.24) is 34.3 Å². The smallest absolute Gasteiger partial charge is 0.254 e. The van der Waals surface area contributed by atoms with Gasteiger partial charge in [-0.2, -0.15) is 9.50 Å².